The van der Waals surface area contributed by atoms with E-state index in [9.17, 15) is 13.2 Å². The van der Waals surface area contributed by atoms with Crippen LogP contribution in [-0.2, 0) is 6.18 Å². The van der Waals surface area contributed by atoms with E-state index in [2.05, 4.69) is 10.3 Å². The number of halogens is 3. The molecule has 1 rings (SSSR count). The molecular formula is C7H7F3N2. The van der Waals surface area contributed by atoms with Gasteiger partial charge in [-0.3, -0.25) is 4.98 Å². The van der Waals surface area contributed by atoms with Gasteiger partial charge < -0.3 is 5.32 Å². The van der Waals surface area contributed by atoms with Crippen molar-refractivity contribution in [3.05, 3.63) is 24.0 Å². The first-order valence-electron chi connectivity index (χ1n) is 3.24. The van der Waals surface area contributed by atoms with Gasteiger partial charge in [0, 0.05) is 19.4 Å². The van der Waals surface area contributed by atoms with Crippen molar-refractivity contribution in [2.45, 2.75) is 6.18 Å². The van der Waals surface area contributed by atoms with Crippen LogP contribution in [0, 0.1) is 0 Å². The van der Waals surface area contributed by atoms with Gasteiger partial charge in [-0.2, -0.15) is 13.2 Å². The number of rotatable bonds is 1. The van der Waals surface area contributed by atoms with Crippen molar-refractivity contribution in [1.29, 1.82) is 0 Å². The van der Waals surface area contributed by atoms with E-state index in [1.165, 1.54) is 13.2 Å². The molecule has 0 amide bonds. The molecule has 1 N–H and O–H groups in total. The third-order valence-electron chi connectivity index (χ3n) is 1.35. The normalized spacial score (nSPS) is 11.3. The van der Waals surface area contributed by atoms with Crippen LogP contribution < -0.4 is 5.32 Å². The molecule has 0 saturated carbocycles. The molecule has 2 nitrogen and oxygen atoms in total. The van der Waals surface area contributed by atoms with Gasteiger partial charge in [0.1, 0.15) is 0 Å². The van der Waals surface area contributed by atoms with Crippen LogP contribution >= 0.6 is 0 Å². The van der Waals surface area contributed by atoms with Crippen molar-refractivity contribution in [2.24, 2.45) is 0 Å². The molecule has 0 radical (unpaired) electrons. The second-order valence-electron chi connectivity index (χ2n) is 2.21. The molecule has 5 heteroatoms. The minimum atomic E-state index is -4.32. The van der Waals surface area contributed by atoms with Gasteiger partial charge in [0.2, 0.25) is 0 Å². The molecule has 0 fully saturated rings. The SMILES string of the molecule is CNc1cncc(C(F)(F)F)c1. The maximum Gasteiger partial charge on any atom is 0.417 e. The summed E-state index contributed by atoms with van der Waals surface area (Å²) in [7, 11) is 1.54. The Morgan fingerprint density at radius 2 is 2.00 bits per heavy atom. The maximum atomic E-state index is 12.0. The van der Waals surface area contributed by atoms with Crippen molar-refractivity contribution < 1.29 is 13.2 Å². The quantitative estimate of drug-likeness (QED) is 0.709. The molecular weight excluding hydrogens is 169 g/mol. The number of alkyl halides is 3. The summed E-state index contributed by atoms with van der Waals surface area (Å²) in [5.74, 6) is 0. The van der Waals surface area contributed by atoms with Crippen LogP contribution in [0.5, 0.6) is 0 Å². The molecule has 0 aliphatic carbocycles. The minimum absolute atomic E-state index is 0.352. The molecule has 1 aromatic heterocycles. The number of hydrogen-bond donors (Lipinski definition) is 1. The molecule has 66 valence electrons. The van der Waals surface area contributed by atoms with Crippen LogP contribution in [0.4, 0.5) is 18.9 Å². The van der Waals surface area contributed by atoms with Gasteiger partial charge in [0.15, 0.2) is 0 Å². The topological polar surface area (TPSA) is 24.9 Å². The summed E-state index contributed by atoms with van der Waals surface area (Å²) in [5.41, 5.74) is -0.390. The van der Waals surface area contributed by atoms with Crippen LogP contribution in [0.15, 0.2) is 18.5 Å². The summed E-state index contributed by atoms with van der Waals surface area (Å²) in [6.45, 7) is 0. The number of hydrogen-bond acceptors (Lipinski definition) is 2. The van der Waals surface area contributed by atoms with E-state index >= 15 is 0 Å². The monoisotopic (exact) mass is 176 g/mol. The minimum Gasteiger partial charge on any atom is -0.387 e. The maximum absolute atomic E-state index is 12.0. The number of pyridine rings is 1. The van der Waals surface area contributed by atoms with Gasteiger partial charge in [-0.15, -0.1) is 0 Å². The third-order valence-corrected chi connectivity index (χ3v) is 1.35. The predicted molar refractivity (Wildman–Crippen MR) is 38.8 cm³/mol. The van der Waals surface area contributed by atoms with Crippen molar-refractivity contribution >= 4 is 5.69 Å². The highest BCUT2D eigenvalue weighted by Crippen LogP contribution is 2.29. The molecule has 0 saturated heterocycles. The van der Waals surface area contributed by atoms with Gasteiger partial charge in [0.25, 0.3) is 0 Å². The Labute approximate surface area is 67.4 Å². The average molecular weight is 176 g/mol. The highest BCUT2D eigenvalue weighted by molar-refractivity contribution is 5.42. The van der Waals surface area contributed by atoms with E-state index in [0.29, 0.717) is 5.69 Å². The van der Waals surface area contributed by atoms with E-state index in [1.54, 1.807) is 0 Å². The molecule has 1 aromatic rings. The van der Waals surface area contributed by atoms with E-state index in [-0.39, 0.29) is 0 Å². The zero-order valence-corrected chi connectivity index (χ0v) is 6.31. The van der Waals surface area contributed by atoms with E-state index in [0.717, 1.165) is 12.3 Å². The number of aromatic nitrogens is 1. The summed E-state index contributed by atoms with van der Waals surface area (Å²) < 4.78 is 36.1. The number of nitrogens with zero attached hydrogens (tertiary/aromatic N) is 1. The highest BCUT2D eigenvalue weighted by Gasteiger charge is 2.30. The molecule has 0 atom stereocenters. The average Bonchev–Trinajstić information content (AvgIpc) is 2.03. The molecule has 12 heavy (non-hydrogen) atoms. The van der Waals surface area contributed by atoms with E-state index < -0.39 is 11.7 Å². The lowest BCUT2D eigenvalue weighted by atomic mass is 10.2. The fourth-order valence-electron chi connectivity index (χ4n) is 0.732. The summed E-state index contributed by atoms with van der Waals surface area (Å²) in [4.78, 5) is 3.44. The smallest absolute Gasteiger partial charge is 0.387 e. The standard InChI is InChI=1S/C7H7F3N2/c1-11-6-2-5(3-12-4-6)7(8,9)10/h2-4,11H,1H3. The van der Waals surface area contributed by atoms with Crippen LogP contribution in [0.2, 0.25) is 0 Å². The van der Waals surface area contributed by atoms with Gasteiger partial charge in [-0.1, -0.05) is 0 Å². The Hall–Kier alpha value is -1.26. The van der Waals surface area contributed by atoms with Gasteiger partial charge in [0.05, 0.1) is 11.3 Å². The van der Waals surface area contributed by atoms with Crippen LogP contribution in [-0.4, -0.2) is 12.0 Å². The van der Waals surface area contributed by atoms with Crippen molar-refractivity contribution in [2.75, 3.05) is 12.4 Å². The zero-order chi connectivity index (χ0) is 9.19. The van der Waals surface area contributed by atoms with Crippen molar-refractivity contribution in [3.63, 3.8) is 0 Å². The Bertz CT molecular complexity index is 270. The summed E-state index contributed by atoms with van der Waals surface area (Å²) >= 11 is 0. The lowest BCUT2D eigenvalue weighted by Crippen LogP contribution is -2.06. The largest absolute Gasteiger partial charge is 0.417 e. The molecule has 1 heterocycles. The summed E-state index contributed by atoms with van der Waals surface area (Å²) in [6.07, 6.45) is -2.20. The first-order valence-corrected chi connectivity index (χ1v) is 3.24. The molecule has 0 spiro atoms. The highest BCUT2D eigenvalue weighted by atomic mass is 19.4. The van der Waals surface area contributed by atoms with E-state index in [1.807, 2.05) is 0 Å². The molecule has 0 aliphatic heterocycles. The lowest BCUT2D eigenvalue weighted by Gasteiger charge is -2.06. The lowest BCUT2D eigenvalue weighted by molar-refractivity contribution is -0.137. The fraction of sp³-hybridized carbons (Fsp3) is 0.286. The first kappa shape index (κ1) is 8.83. The predicted octanol–water partition coefficient (Wildman–Crippen LogP) is 2.14. The van der Waals surface area contributed by atoms with Crippen molar-refractivity contribution in [1.82, 2.24) is 4.98 Å². The number of anilines is 1. The Balaban J connectivity index is 3.02. The molecule has 0 bridgehead atoms. The Kier molecular flexibility index (Phi) is 2.21. The second kappa shape index (κ2) is 3.00. The van der Waals surface area contributed by atoms with Crippen LogP contribution in [0.25, 0.3) is 0 Å². The first-order chi connectivity index (χ1) is 5.54. The van der Waals surface area contributed by atoms with Crippen LogP contribution in [0.1, 0.15) is 5.56 Å². The van der Waals surface area contributed by atoms with Gasteiger partial charge in [-0.25, -0.2) is 0 Å². The summed E-state index contributed by atoms with van der Waals surface area (Å²) in [5, 5.41) is 2.58. The molecule has 0 aliphatic rings. The number of nitrogens with one attached hydrogen (secondary N) is 1. The molecule has 0 aromatic carbocycles. The second-order valence-corrected chi connectivity index (χ2v) is 2.21. The van der Waals surface area contributed by atoms with Crippen LogP contribution in [0.3, 0.4) is 0 Å². The Morgan fingerprint density at radius 3 is 2.50 bits per heavy atom. The summed E-state index contributed by atoms with van der Waals surface area (Å²) in [6, 6.07) is 1.01. The van der Waals surface area contributed by atoms with Crippen molar-refractivity contribution in [3.8, 4) is 0 Å². The van der Waals surface area contributed by atoms with E-state index in [4.69, 9.17) is 0 Å². The Morgan fingerprint density at radius 1 is 1.33 bits per heavy atom. The molecule has 0 unspecified atom stereocenters. The third kappa shape index (κ3) is 1.87. The van der Waals surface area contributed by atoms with Gasteiger partial charge in [-0.05, 0) is 6.07 Å². The van der Waals surface area contributed by atoms with Gasteiger partial charge >= 0.3 is 6.18 Å². The zero-order valence-electron chi connectivity index (χ0n) is 6.31. The fourth-order valence-corrected chi connectivity index (χ4v) is 0.732.